The average molecular weight is 255 g/mol. The van der Waals surface area contributed by atoms with Crippen LogP contribution in [-0.4, -0.2) is 18.1 Å². The molecule has 1 aromatic heterocycles. The molecule has 2 heterocycles. The van der Waals surface area contributed by atoms with E-state index in [-0.39, 0.29) is 0 Å². The van der Waals surface area contributed by atoms with Crippen LogP contribution in [-0.2, 0) is 0 Å². The molecule has 0 atom stereocenters. The molecule has 1 saturated carbocycles. The monoisotopic (exact) mass is 255 g/mol. The summed E-state index contributed by atoms with van der Waals surface area (Å²) >= 11 is 0. The van der Waals surface area contributed by atoms with Crippen LogP contribution < -0.4 is 4.90 Å². The zero-order valence-electron chi connectivity index (χ0n) is 11.4. The van der Waals surface area contributed by atoms with Crippen LogP contribution >= 0.6 is 0 Å². The number of anilines is 1. The Kier molecular flexibility index (Phi) is 3.42. The van der Waals surface area contributed by atoms with Crippen LogP contribution in [0.4, 0.5) is 5.82 Å². The Hall–Kier alpha value is -1.56. The topological polar surface area (TPSA) is 39.9 Å². The van der Waals surface area contributed by atoms with Gasteiger partial charge >= 0.3 is 0 Å². The van der Waals surface area contributed by atoms with E-state index in [1.165, 1.54) is 44.9 Å². The highest BCUT2D eigenvalue weighted by Gasteiger charge is 2.35. The van der Waals surface area contributed by atoms with Crippen LogP contribution in [0.15, 0.2) is 18.3 Å². The van der Waals surface area contributed by atoms with E-state index < -0.39 is 0 Å². The molecule has 3 nitrogen and oxygen atoms in total. The summed E-state index contributed by atoms with van der Waals surface area (Å²) in [5.74, 6) is 1.03. The van der Waals surface area contributed by atoms with Gasteiger partial charge in [-0.3, -0.25) is 0 Å². The molecule has 3 heteroatoms. The SMILES string of the molecule is N#Cc1ccc(N2CCC3(CCCCC3)CC2)nc1. The summed E-state index contributed by atoms with van der Waals surface area (Å²) in [6, 6.07) is 5.97. The van der Waals surface area contributed by atoms with Crippen molar-refractivity contribution >= 4 is 5.82 Å². The second-order valence-corrected chi connectivity index (χ2v) is 6.06. The number of rotatable bonds is 1. The van der Waals surface area contributed by atoms with Crippen molar-refractivity contribution in [1.29, 1.82) is 5.26 Å². The highest BCUT2D eigenvalue weighted by atomic mass is 15.2. The molecule has 2 fully saturated rings. The van der Waals surface area contributed by atoms with E-state index in [9.17, 15) is 0 Å². The van der Waals surface area contributed by atoms with Crippen LogP contribution in [0.2, 0.25) is 0 Å². The van der Waals surface area contributed by atoms with E-state index in [1.54, 1.807) is 6.20 Å². The summed E-state index contributed by atoms with van der Waals surface area (Å²) in [6.45, 7) is 2.25. The third kappa shape index (κ3) is 2.58. The standard InChI is InChI=1S/C16H21N3/c17-12-14-4-5-15(18-13-14)19-10-8-16(9-11-19)6-2-1-3-7-16/h4-5,13H,1-3,6-11H2. The molecular weight excluding hydrogens is 234 g/mol. The quantitative estimate of drug-likeness (QED) is 0.771. The van der Waals surface area contributed by atoms with Crippen LogP contribution in [0.3, 0.4) is 0 Å². The van der Waals surface area contributed by atoms with Gasteiger partial charge in [-0.05, 0) is 43.2 Å². The lowest BCUT2D eigenvalue weighted by Gasteiger charge is -2.44. The first kappa shape index (κ1) is 12.5. The number of nitrogens with zero attached hydrogens (tertiary/aromatic N) is 3. The van der Waals surface area contributed by atoms with E-state index in [2.05, 4.69) is 16.0 Å². The fourth-order valence-corrected chi connectivity index (χ4v) is 3.65. The first-order chi connectivity index (χ1) is 9.31. The van der Waals surface area contributed by atoms with Gasteiger partial charge in [0.15, 0.2) is 0 Å². The molecule has 2 aliphatic rings. The maximum absolute atomic E-state index is 8.80. The maximum atomic E-state index is 8.80. The van der Waals surface area contributed by atoms with Gasteiger partial charge in [0.2, 0.25) is 0 Å². The Morgan fingerprint density at radius 1 is 1.05 bits per heavy atom. The zero-order valence-corrected chi connectivity index (χ0v) is 11.4. The Morgan fingerprint density at radius 3 is 2.37 bits per heavy atom. The molecule has 0 unspecified atom stereocenters. The lowest BCUT2D eigenvalue weighted by Crippen LogP contribution is -2.41. The predicted octanol–water partition coefficient (Wildman–Crippen LogP) is 3.50. The summed E-state index contributed by atoms with van der Waals surface area (Å²) in [7, 11) is 0. The summed E-state index contributed by atoms with van der Waals surface area (Å²) in [5, 5.41) is 8.80. The van der Waals surface area contributed by atoms with Crippen molar-refractivity contribution in [2.45, 2.75) is 44.9 Å². The number of piperidine rings is 1. The van der Waals surface area contributed by atoms with E-state index in [0.29, 0.717) is 11.0 Å². The Labute approximate surface area is 115 Å². The number of aromatic nitrogens is 1. The van der Waals surface area contributed by atoms with Crippen LogP contribution in [0.25, 0.3) is 0 Å². The first-order valence-corrected chi connectivity index (χ1v) is 7.43. The molecule has 0 amide bonds. The van der Waals surface area contributed by atoms with Crippen molar-refractivity contribution in [2.75, 3.05) is 18.0 Å². The second kappa shape index (κ2) is 5.21. The molecule has 0 N–H and O–H groups in total. The van der Waals surface area contributed by atoms with E-state index in [1.807, 2.05) is 12.1 Å². The third-order valence-corrected chi connectivity index (χ3v) is 4.94. The van der Waals surface area contributed by atoms with Gasteiger partial charge in [-0.1, -0.05) is 19.3 Å². The predicted molar refractivity (Wildman–Crippen MR) is 75.9 cm³/mol. The van der Waals surface area contributed by atoms with Crippen molar-refractivity contribution in [2.24, 2.45) is 5.41 Å². The van der Waals surface area contributed by atoms with Crippen molar-refractivity contribution in [3.05, 3.63) is 23.9 Å². The molecule has 0 bridgehead atoms. The molecule has 1 aliphatic carbocycles. The molecule has 1 aliphatic heterocycles. The minimum Gasteiger partial charge on any atom is -0.357 e. The fourth-order valence-electron chi connectivity index (χ4n) is 3.65. The minimum atomic E-state index is 0.640. The minimum absolute atomic E-state index is 0.640. The van der Waals surface area contributed by atoms with Crippen LogP contribution in [0, 0.1) is 16.7 Å². The third-order valence-electron chi connectivity index (χ3n) is 4.94. The summed E-state index contributed by atoms with van der Waals surface area (Å²) < 4.78 is 0. The summed E-state index contributed by atoms with van der Waals surface area (Å²) in [4.78, 5) is 6.79. The lowest BCUT2D eigenvalue weighted by molar-refractivity contribution is 0.144. The number of hydrogen-bond acceptors (Lipinski definition) is 3. The molecule has 3 rings (SSSR count). The van der Waals surface area contributed by atoms with E-state index in [4.69, 9.17) is 5.26 Å². The second-order valence-electron chi connectivity index (χ2n) is 6.06. The normalized spacial score (nSPS) is 22.2. The van der Waals surface area contributed by atoms with Gasteiger partial charge in [0.05, 0.1) is 5.56 Å². The smallest absolute Gasteiger partial charge is 0.128 e. The molecule has 1 aromatic rings. The summed E-state index contributed by atoms with van der Waals surface area (Å²) in [6.07, 6.45) is 11.5. The van der Waals surface area contributed by atoms with Gasteiger partial charge < -0.3 is 4.90 Å². The highest BCUT2D eigenvalue weighted by molar-refractivity contribution is 5.42. The first-order valence-electron chi connectivity index (χ1n) is 7.43. The Morgan fingerprint density at radius 2 is 1.79 bits per heavy atom. The molecule has 19 heavy (non-hydrogen) atoms. The average Bonchev–Trinajstić information content (AvgIpc) is 2.49. The molecule has 1 saturated heterocycles. The van der Waals surface area contributed by atoms with Crippen LogP contribution in [0.1, 0.15) is 50.5 Å². The van der Waals surface area contributed by atoms with E-state index >= 15 is 0 Å². The van der Waals surface area contributed by atoms with Gasteiger partial charge in [-0.15, -0.1) is 0 Å². The maximum Gasteiger partial charge on any atom is 0.128 e. The summed E-state index contributed by atoms with van der Waals surface area (Å²) in [5.41, 5.74) is 1.28. The van der Waals surface area contributed by atoms with Gasteiger partial charge in [0.25, 0.3) is 0 Å². The lowest BCUT2D eigenvalue weighted by atomic mass is 9.68. The number of pyridine rings is 1. The van der Waals surface area contributed by atoms with Crippen molar-refractivity contribution in [3.8, 4) is 6.07 Å². The Balaban J connectivity index is 1.64. The number of nitriles is 1. The Bertz CT molecular complexity index is 456. The molecular formula is C16H21N3. The van der Waals surface area contributed by atoms with Crippen molar-refractivity contribution in [3.63, 3.8) is 0 Å². The molecule has 0 radical (unpaired) electrons. The number of hydrogen-bond donors (Lipinski definition) is 0. The molecule has 1 spiro atoms. The molecule has 100 valence electrons. The highest BCUT2D eigenvalue weighted by Crippen LogP contribution is 2.44. The van der Waals surface area contributed by atoms with Gasteiger partial charge in [-0.25, -0.2) is 4.98 Å². The zero-order chi connectivity index (χ0) is 13.1. The van der Waals surface area contributed by atoms with Crippen molar-refractivity contribution in [1.82, 2.24) is 4.98 Å². The van der Waals surface area contributed by atoms with Crippen molar-refractivity contribution < 1.29 is 0 Å². The fraction of sp³-hybridized carbons (Fsp3) is 0.625. The van der Waals surface area contributed by atoms with Crippen LogP contribution in [0.5, 0.6) is 0 Å². The van der Waals surface area contributed by atoms with E-state index in [0.717, 1.165) is 18.9 Å². The largest absolute Gasteiger partial charge is 0.357 e. The van der Waals surface area contributed by atoms with Gasteiger partial charge in [0.1, 0.15) is 11.9 Å². The van der Waals surface area contributed by atoms with Gasteiger partial charge in [0, 0.05) is 19.3 Å². The van der Waals surface area contributed by atoms with Gasteiger partial charge in [-0.2, -0.15) is 5.26 Å². The molecule has 0 aromatic carbocycles.